The number of carbonyl (C=O) groups excluding carboxylic acids is 1. The Morgan fingerprint density at radius 1 is 1.25 bits per heavy atom. The van der Waals surface area contributed by atoms with E-state index >= 15 is 0 Å². The normalized spacial score (nSPS) is 14.2. The summed E-state index contributed by atoms with van der Waals surface area (Å²) >= 11 is 0. The maximum atomic E-state index is 11.9. The molecule has 1 atom stereocenters. The van der Waals surface area contributed by atoms with Gasteiger partial charge in [-0.15, -0.1) is 0 Å². The molecule has 110 valence electrons. The van der Waals surface area contributed by atoms with Crippen LogP contribution >= 0.6 is 0 Å². The van der Waals surface area contributed by atoms with Crippen molar-refractivity contribution in [3.63, 3.8) is 0 Å². The number of hydrogen-bond donors (Lipinski definition) is 2. The van der Waals surface area contributed by atoms with E-state index in [4.69, 9.17) is 0 Å². The highest BCUT2D eigenvalue weighted by atomic mass is 19.4. The number of alkyl carbamates (subject to hydrolysis) is 1. The van der Waals surface area contributed by atoms with E-state index in [9.17, 15) is 27.9 Å². The first kappa shape index (κ1) is 15.8. The summed E-state index contributed by atoms with van der Waals surface area (Å²) in [5.41, 5.74) is -1.68. The Morgan fingerprint density at radius 2 is 1.80 bits per heavy atom. The topological polar surface area (TPSA) is 75.6 Å². The SMILES string of the molecule is CC(NC(=O)OCC(F)(F)F)(C(=O)O)c1ccccc1. The first-order chi connectivity index (χ1) is 9.15. The Morgan fingerprint density at radius 3 is 2.25 bits per heavy atom. The van der Waals surface area contributed by atoms with Gasteiger partial charge in [0.2, 0.25) is 0 Å². The Balaban J connectivity index is 2.83. The fourth-order valence-corrected chi connectivity index (χ4v) is 1.41. The highest BCUT2D eigenvalue weighted by molar-refractivity contribution is 5.85. The van der Waals surface area contributed by atoms with Gasteiger partial charge in [-0.05, 0) is 12.5 Å². The Bertz CT molecular complexity index is 489. The number of alkyl halides is 3. The number of carboxylic acid groups (broad SMARTS) is 1. The van der Waals surface area contributed by atoms with E-state index in [1.165, 1.54) is 12.1 Å². The third kappa shape index (κ3) is 4.15. The van der Waals surface area contributed by atoms with Crippen LogP contribution in [0, 0.1) is 0 Å². The maximum absolute atomic E-state index is 11.9. The number of carboxylic acids is 1. The second kappa shape index (κ2) is 5.81. The molecule has 0 aliphatic rings. The van der Waals surface area contributed by atoms with Crippen LogP contribution in [0.3, 0.4) is 0 Å². The molecule has 5 nitrogen and oxygen atoms in total. The van der Waals surface area contributed by atoms with Crippen LogP contribution in [0.25, 0.3) is 0 Å². The first-order valence-electron chi connectivity index (χ1n) is 5.46. The molecule has 20 heavy (non-hydrogen) atoms. The minimum atomic E-state index is -4.68. The van der Waals surface area contributed by atoms with E-state index in [2.05, 4.69) is 4.74 Å². The van der Waals surface area contributed by atoms with E-state index in [0.29, 0.717) is 0 Å². The van der Waals surface area contributed by atoms with Crippen LogP contribution in [-0.2, 0) is 15.1 Å². The van der Waals surface area contributed by atoms with Crippen molar-refractivity contribution in [3.8, 4) is 0 Å². The third-order valence-corrected chi connectivity index (χ3v) is 2.50. The molecular weight excluding hydrogens is 279 g/mol. The number of amides is 1. The van der Waals surface area contributed by atoms with Crippen molar-refractivity contribution in [2.45, 2.75) is 18.6 Å². The summed E-state index contributed by atoms with van der Waals surface area (Å²) in [7, 11) is 0. The second-order valence-electron chi connectivity index (χ2n) is 4.11. The summed E-state index contributed by atoms with van der Waals surface area (Å²) in [4.78, 5) is 22.6. The molecule has 0 saturated heterocycles. The molecule has 1 unspecified atom stereocenters. The van der Waals surface area contributed by atoms with Crippen LogP contribution in [0.1, 0.15) is 12.5 Å². The summed E-state index contributed by atoms with van der Waals surface area (Å²) in [6.45, 7) is -0.636. The molecule has 0 aliphatic heterocycles. The number of hydrogen-bond acceptors (Lipinski definition) is 3. The summed E-state index contributed by atoms with van der Waals surface area (Å²) in [5.74, 6) is -1.42. The Kier molecular flexibility index (Phi) is 4.59. The van der Waals surface area contributed by atoms with Crippen molar-refractivity contribution in [1.29, 1.82) is 0 Å². The molecule has 0 aromatic heterocycles. The zero-order valence-electron chi connectivity index (χ0n) is 10.4. The summed E-state index contributed by atoms with van der Waals surface area (Å²) < 4.78 is 39.7. The van der Waals surface area contributed by atoms with Gasteiger partial charge in [-0.25, -0.2) is 9.59 Å². The standard InChI is InChI=1S/C12H12F3NO4/c1-11(9(17)18,8-5-3-2-4-6-8)16-10(19)20-7-12(13,14)15/h2-6H,7H2,1H3,(H,16,19)(H,17,18). The second-order valence-corrected chi connectivity index (χ2v) is 4.11. The summed E-state index contributed by atoms with van der Waals surface area (Å²) in [6, 6.07) is 7.57. The van der Waals surface area contributed by atoms with Crippen molar-refractivity contribution < 1.29 is 32.6 Å². The van der Waals surface area contributed by atoms with Crippen LogP contribution < -0.4 is 5.32 Å². The molecule has 0 aliphatic carbocycles. The number of carbonyl (C=O) groups is 2. The molecule has 1 amide bonds. The van der Waals surface area contributed by atoms with Gasteiger partial charge in [0.15, 0.2) is 12.1 Å². The number of aliphatic carboxylic acids is 1. The van der Waals surface area contributed by atoms with Crippen molar-refractivity contribution >= 4 is 12.1 Å². The average Bonchev–Trinajstić information content (AvgIpc) is 2.36. The largest absolute Gasteiger partial charge is 0.479 e. The molecule has 1 aromatic carbocycles. The molecule has 0 saturated carbocycles. The lowest BCUT2D eigenvalue weighted by atomic mass is 9.92. The number of ether oxygens (including phenoxy) is 1. The van der Waals surface area contributed by atoms with Gasteiger partial charge < -0.3 is 15.2 Å². The zero-order valence-corrected chi connectivity index (χ0v) is 10.4. The van der Waals surface area contributed by atoms with Gasteiger partial charge in [0, 0.05) is 0 Å². The zero-order chi connectivity index (χ0) is 15.4. The predicted octanol–water partition coefficient (Wildman–Crippen LogP) is 2.27. The molecule has 1 rings (SSSR count). The van der Waals surface area contributed by atoms with Gasteiger partial charge in [0.25, 0.3) is 0 Å². The number of rotatable bonds is 4. The third-order valence-electron chi connectivity index (χ3n) is 2.50. The molecular formula is C12H12F3NO4. The van der Waals surface area contributed by atoms with Gasteiger partial charge >= 0.3 is 18.2 Å². The van der Waals surface area contributed by atoms with Gasteiger partial charge in [0.1, 0.15) is 0 Å². The van der Waals surface area contributed by atoms with Crippen LogP contribution in [0.15, 0.2) is 30.3 Å². The number of halogens is 3. The minimum Gasteiger partial charge on any atom is -0.479 e. The van der Waals surface area contributed by atoms with Crippen molar-refractivity contribution in [2.24, 2.45) is 0 Å². The molecule has 0 spiro atoms. The van der Waals surface area contributed by atoms with Crippen LogP contribution in [0.2, 0.25) is 0 Å². The lowest BCUT2D eigenvalue weighted by molar-refractivity contribution is -0.161. The quantitative estimate of drug-likeness (QED) is 0.892. The van der Waals surface area contributed by atoms with E-state index in [1.807, 2.05) is 5.32 Å². The number of benzene rings is 1. The lowest BCUT2D eigenvalue weighted by Crippen LogP contribution is -2.50. The van der Waals surface area contributed by atoms with Gasteiger partial charge in [0.05, 0.1) is 0 Å². The highest BCUT2D eigenvalue weighted by Gasteiger charge is 2.38. The average molecular weight is 291 g/mol. The fourth-order valence-electron chi connectivity index (χ4n) is 1.41. The minimum absolute atomic E-state index is 0.205. The molecule has 2 N–H and O–H groups in total. The molecule has 8 heteroatoms. The summed E-state index contributed by atoms with van der Waals surface area (Å²) in [6.07, 6.45) is -6.14. The lowest BCUT2D eigenvalue weighted by Gasteiger charge is -2.26. The van der Waals surface area contributed by atoms with Gasteiger partial charge in [-0.2, -0.15) is 13.2 Å². The Labute approximate surface area is 112 Å². The maximum Gasteiger partial charge on any atom is 0.422 e. The van der Waals surface area contributed by atoms with Crippen molar-refractivity contribution in [1.82, 2.24) is 5.32 Å². The van der Waals surface area contributed by atoms with Crippen LogP contribution in [-0.4, -0.2) is 30.0 Å². The van der Waals surface area contributed by atoms with Gasteiger partial charge in [-0.1, -0.05) is 30.3 Å². The van der Waals surface area contributed by atoms with E-state index in [1.54, 1.807) is 18.2 Å². The van der Waals surface area contributed by atoms with E-state index < -0.39 is 30.4 Å². The monoisotopic (exact) mass is 291 g/mol. The molecule has 0 radical (unpaired) electrons. The fraction of sp³-hybridized carbons (Fsp3) is 0.333. The van der Waals surface area contributed by atoms with E-state index in [-0.39, 0.29) is 5.56 Å². The summed E-state index contributed by atoms with van der Waals surface area (Å²) in [5, 5.41) is 11.1. The highest BCUT2D eigenvalue weighted by Crippen LogP contribution is 2.21. The number of nitrogens with one attached hydrogen (secondary N) is 1. The molecule has 1 aromatic rings. The van der Waals surface area contributed by atoms with Crippen LogP contribution in [0.5, 0.6) is 0 Å². The van der Waals surface area contributed by atoms with E-state index in [0.717, 1.165) is 6.92 Å². The van der Waals surface area contributed by atoms with Crippen LogP contribution in [0.4, 0.5) is 18.0 Å². The van der Waals surface area contributed by atoms with Crippen molar-refractivity contribution in [2.75, 3.05) is 6.61 Å². The predicted molar refractivity (Wildman–Crippen MR) is 62.0 cm³/mol. The Hall–Kier alpha value is -2.25. The first-order valence-corrected chi connectivity index (χ1v) is 5.46. The smallest absolute Gasteiger partial charge is 0.422 e. The molecule has 0 bridgehead atoms. The van der Waals surface area contributed by atoms with Gasteiger partial charge in [-0.3, -0.25) is 0 Å². The van der Waals surface area contributed by atoms with Crippen molar-refractivity contribution in [3.05, 3.63) is 35.9 Å². The molecule has 0 fully saturated rings. The molecule has 0 heterocycles.